The normalized spacial score (nSPS) is 9.57. The summed E-state index contributed by atoms with van der Waals surface area (Å²) in [7, 11) is 0. The fraction of sp³-hybridized carbons (Fsp3) is 0.778. The first-order valence-corrected chi connectivity index (χ1v) is 5.37. The molecule has 0 aromatic rings. The lowest BCUT2D eigenvalue weighted by atomic mass is 10.2. The molecule has 0 saturated heterocycles. The molecule has 0 spiro atoms. The van der Waals surface area contributed by atoms with Gasteiger partial charge in [0, 0.05) is 18.7 Å². The number of rotatable bonds is 6. The molecule has 0 aliphatic heterocycles. The topological polar surface area (TPSA) is 58.2 Å². The zero-order valence-electron chi connectivity index (χ0n) is 8.44. The van der Waals surface area contributed by atoms with Gasteiger partial charge in [-0.3, -0.25) is 20.4 Å². The predicted molar refractivity (Wildman–Crippen MR) is 55.8 cm³/mol. The van der Waals surface area contributed by atoms with E-state index in [1.165, 1.54) is 0 Å². The van der Waals surface area contributed by atoms with Crippen molar-refractivity contribution in [3.63, 3.8) is 0 Å². The lowest BCUT2D eigenvalue weighted by molar-refractivity contribution is -0.129. The van der Waals surface area contributed by atoms with Gasteiger partial charge in [-0.1, -0.05) is 13.3 Å². The van der Waals surface area contributed by atoms with Crippen molar-refractivity contribution in [3.05, 3.63) is 0 Å². The fourth-order valence-electron chi connectivity index (χ4n) is 0.829. The second kappa shape index (κ2) is 8.81. The minimum absolute atomic E-state index is 0.147. The number of hydrogen-bond acceptors (Lipinski definition) is 2. The number of hydrazine groups is 1. The van der Waals surface area contributed by atoms with Gasteiger partial charge in [-0.15, -0.1) is 11.6 Å². The molecule has 0 aromatic carbocycles. The first-order chi connectivity index (χ1) is 6.70. The van der Waals surface area contributed by atoms with Crippen LogP contribution < -0.4 is 10.9 Å². The molecule has 0 aromatic heterocycles. The third-order valence-corrected chi connectivity index (χ3v) is 1.90. The third-order valence-electron chi connectivity index (χ3n) is 1.64. The number of nitrogens with one attached hydrogen (secondary N) is 2. The lowest BCUT2D eigenvalue weighted by Gasteiger charge is -2.05. The molecule has 5 heteroatoms. The van der Waals surface area contributed by atoms with Gasteiger partial charge in [0.05, 0.1) is 0 Å². The van der Waals surface area contributed by atoms with Crippen LogP contribution in [0.2, 0.25) is 0 Å². The Balaban J connectivity index is 3.41. The van der Waals surface area contributed by atoms with Crippen molar-refractivity contribution >= 4 is 23.4 Å². The van der Waals surface area contributed by atoms with Crippen LogP contribution in [0.3, 0.4) is 0 Å². The van der Waals surface area contributed by atoms with Gasteiger partial charge in [-0.25, -0.2) is 0 Å². The van der Waals surface area contributed by atoms with Gasteiger partial charge in [0.15, 0.2) is 0 Å². The highest BCUT2D eigenvalue weighted by molar-refractivity contribution is 6.17. The SMILES string of the molecule is CCCCC(=O)NNC(=O)CCCCl. The molecule has 0 bridgehead atoms. The van der Waals surface area contributed by atoms with Crippen molar-refractivity contribution < 1.29 is 9.59 Å². The molecule has 0 aliphatic rings. The van der Waals surface area contributed by atoms with E-state index in [0.29, 0.717) is 25.1 Å². The maximum absolute atomic E-state index is 11.0. The van der Waals surface area contributed by atoms with Crippen LogP contribution in [0.4, 0.5) is 0 Å². The monoisotopic (exact) mass is 220 g/mol. The highest BCUT2D eigenvalue weighted by atomic mass is 35.5. The predicted octanol–water partition coefficient (Wildman–Crippen LogP) is 1.34. The molecule has 82 valence electrons. The number of halogens is 1. The summed E-state index contributed by atoms with van der Waals surface area (Å²) in [6.07, 6.45) is 3.22. The molecule has 14 heavy (non-hydrogen) atoms. The quantitative estimate of drug-likeness (QED) is 0.524. The standard InChI is InChI=1S/C9H17ClN2O2/c1-2-3-5-8(13)11-12-9(14)6-4-7-10/h2-7H2,1H3,(H,11,13)(H,12,14). The van der Waals surface area contributed by atoms with E-state index < -0.39 is 0 Å². The Morgan fingerprint density at radius 1 is 1.07 bits per heavy atom. The fourth-order valence-corrected chi connectivity index (χ4v) is 0.963. The molecule has 0 unspecified atom stereocenters. The van der Waals surface area contributed by atoms with E-state index in [4.69, 9.17) is 11.6 Å². The van der Waals surface area contributed by atoms with Crippen molar-refractivity contribution in [2.75, 3.05) is 5.88 Å². The Kier molecular flexibility index (Phi) is 8.33. The minimum Gasteiger partial charge on any atom is -0.273 e. The molecule has 0 heterocycles. The van der Waals surface area contributed by atoms with E-state index in [-0.39, 0.29) is 11.8 Å². The molecular formula is C9H17ClN2O2. The second-order valence-corrected chi connectivity index (χ2v) is 3.37. The number of carbonyl (C=O) groups excluding carboxylic acids is 2. The van der Waals surface area contributed by atoms with Gasteiger partial charge in [0.25, 0.3) is 0 Å². The summed E-state index contributed by atoms with van der Waals surface area (Å²) < 4.78 is 0. The summed E-state index contributed by atoms with van der Waals surface area (Å²) >= 11 is 5.41. The number of amides is 2. The molecule has 0 aliphatic carbocycles. The smallest absolute Gasteiger partial charge is 0.238 e. The highest BCUT2D eigenvalue weighted by Gasteiger charge is 2.02. The summed E-state index contributed by atoms with van der Waals surface area (Å²) in [5, 5.41) is 0. The van der Waals surface area contributed by atoms with Crippen molar-refractivity contribution in [3.8, 4) is 0 Å². The van der Waals surface area contributed by atoms with Gasteiger partial charge in [0.1, 0.15) is 0 Å². The van der Waals surface area contributed by atoms with E-state index >= 15 is 0 Å². The molecule has 2 amide bonds. The maximum Gasteiger partial charge on any atom is 0.238 e. The summed E-state index contributed by atoms with van der Waals surface area (Å²) in [5.74, 6) is 0.110. The van der Waals surface area contributed by atoms with Gasteiger partial charge in [-0.2, -0.15) is 0 Å². The largest absolute Gasteiger partial charge is 0.273 e. The third kappa shape index (κ3) is 7.86. The summed E-state index contributed by atoms with van der Waals surface area (Å²) in [5.41, 5.74) is 4.67. The first kappa shape index (κ1) is 13.2. The van der Waals surface area contributed by atoms with Crippen LogP contribution in [-0.4, -0.2) is 17.7 Å². The molecule has 2 N–H and O–H groups in total. The molecule has 0 saturated carbocycles. The Morgan fingerprint density at radius 2 is 1.57 bits per heavy atom. The Morgan fingerprint density at radius 3 is 2.00 bits per heavy atom. The van der Waals surface area contributed by atoms with Gasteiger partial charge in [-0.05, 0) is 12.8 Å². The lowest BCUT2D eigenvalue weighted by Crippen LogP contribution is -2.41. The zero-order valence-corrected chi connectivity index (χ0v) is 9.19. The van der Waals surface area contributed by atoms with Crippen molar-refractivity contribution in [2.24, 2.45) is 0 Å². The van der Waals surface area contributed by atoms with Gasteiger partial charge >= 0.3 is 0 Å². The number of carbonyl (C=O) groups is 2. The van der Waals surface area contributed by atoms with Crippen LogP contribution in [0, 0.1) is 0 Å². The number of alkyl halides is 1. The van der Waals surface area contributed by atoms with E-state index in [1.807, 2.05) is 6.92 Å². The van der Waals surface area contributed by atoms with E-state index in [2.05, 4.69) is 10.9 Å². The summed E-state index contributed by atoms with van der Waals surface area (Å²) in [6.45, 7) is 2.01. The Labute approximate surface area is 89.4 Å². The average Bonchev–Trinajstić information content (AvgIpc) is 2.20. The van der Waals surface area contributed by atoms with Crippen LogP contribution in [-0.2, 0) is 9.59 Å². The zero-order chi connectivity index (χ0) is 10.8. The van der Waals surface area contributed by atoms with Crippen LogP contribution in [0.5, 0.6) is 0 Å². The number of unbranched alkanes of at least 4 members (excludes halogenated alkanes) is 1. The van der Waals surface area contributed by atoms with E-state index in [0.717, 1.165) is 12.8 Å². The van der Waals surface area contributed by atoms with E-state index in [9.17, 15) is 9.59 Å². The molecule has 4 nitrogen and oxygen atoms in total. The summed E-state index contributed by atoms with van der Waals surface area (Å²) in [4.78, 5) is 22.0. The van der Waals surface area contributed by atoms with Crippen molar-refractivity contribution in [2.45, 2.75) is 39.0 Å². The van der Waals surface area contributed by atoms with Crippen molar-refractivity contribution in [1.29, 1.82) is 0 Å². The summed E-state index contributed by atoms with van der Waals surface area (Å²) in [6, 6.07) is 0. The highest BCUT2D eigenvalue weighted by Crippen LogP contribution is 1.93. The molecule has 0 atom stereocenters. The first-order valence-electron chi connectivity index (χ1n) is 4.84. The molecular weight excluding hydrogens is 204 g/mol. The van der Waals surface area contributed by atoms with Gasteiger partial charge < -0.3 is 0 Å². The second-order valence-electron chi connectivity index (χ2n) is 2.99. The molecule has 0 rings (SSSR count). The Hall–Kier alpha value is -0.770. The van der Waals surface area contributed by atoms with Gasteiger partial charge in [0.2, 0.25) is 11.8 Å². The van der Waals surface area contributed by atoms with Crippen LogP contribution in [0.15, 0.2) is 0 Å². The molecule has 0 radical (unpaired) electrons. The van der Waals surface area contributed by atoms with Crippen molar-refractivity contribution in [1.82, 2.24) is 10.9 Å². The van der Waals surface area contributed by atoms with Crippen LogP contribution in [0.1, 0.15) is 39.0 Å². The maximum atomic E-state index is 11.0. The Bertz CT molecular complexity index is 166. The van der Waals surface area contributed by atoms with E-state index in [1.54, 1.807) is 0 Å². The average molecular weight is 221 g/mol. The van der Waals surface area contributed by atoms with Crippen LogP contribution >= 0.6 is 11.6 Å². The molecule has 0 fully saturated rings. The minimum atomic E-state index is -0.199. The number of hydrogen-bond donors (Lipinski definition) is 2. The van der Waals surface area contributed by atoms with Crippen LogP contribution in [0.25, 0.3) is 0 Å².